The van der Waals surface area contributed by atoms with Gasteiger partial charge in [0.15, 0.2) is 0 Å². The third-order valence-electron chi connectivity index (χ3n) is 3.35. The van der Waals surface area contributed by atoms with Crippen molar-refractivity contribution in [1.82, 2.24) is 14.8 Å². The molecule has 2 rings (SSSR count). The normalized spacial score (nSPS) is 19.2. The van der Waals surface area contributed by atoms with Gasteiger partial charge >= 0.3 is 6.61 Å². The number of hydrogen-bond donors (Lipinski definition) is 1. The van der Waals surface area contributed by atoms with Crippen molar-refractivity contribution in [3.63, 3.8) is 0 Å². The molecule has 0 N–H and O–H groups in total. The second-order valence-corrected chi connectivity index (χ2v) is 5.57. The smallest absolute Gasteiger partial charge is 0.388 e. The minimum atomic E-state index is -2.83. The molecule has 7 heteroatoms. The molecule has 0 bridgehead atoms. The van der Waals surface area contributed by atoms with Crippen molar-refractivity contribution in [3.8, 4) is 5.88 Å². The van der Waals surface area contributed by atoms with Gasteiger partial charge in [-0.25, -0.2) is 4.98 Å². The fraction of sp³-hybridized carbons (Fsp3) is 0.615. The fourth-order valence-electron chi connectivity index (χ4n) is 2.22. The van der Waals surface area contributed by atoms with Gasteiger partial charge in [-0.15, -0.1) is 0 Å². The van der Waals surface area contributed by atoms with Gasteiger partial charge in [0.05, 0.1) is 0 Å². The molecule has 1 atom stereocenters. The van der Waals surface area contributed by atoms with Crippen molar-refractivity contribution >= 4 is 12.6 Å². The molecule has 0 aliphatic carbocycles. The van der Waals surface area contributed by atoms with E-state index in [0.717, 1.165) is 38.3 Å². The molecular formula is C13H19F2N3OS. The van der Waals surface area contributed by atoms with Crippen LogP contribution in [0.4, 0.5) is 8.78 Å². The number of nitrogens with zero attached hydrogens (tertiary/aromatic N) is 3. The molecule has 1 unspecified atom stereocenters. The first-order valence-corrected chi connectivity index (χ1v) is 7.10. The Labute approximate surface area is 123 Å². The van der Waals surface area contributed by atoms with Crippen LogP contribution < -0.4 is 4.74 Å². The van der Waals surface area contributed by atoms with Crippen molar-refractivity contribution in [2.75, 3.05) is 26.2 Å². The lowest BCUT2D eigenvalue weighted by molar-refractivity contribution is -0.0528. The molecule has 1 fully saturated rings. The molecule has 1 saturated heterocycles. The zero-order valence-corrected chi connectivity index (χ0v) is 12.3. The number of piperazine rings is 1. The quantitative estimate of drug-likeness (QED) is 0.843. The SMILES string of the molecule is CC(S)N1CCN(Cc2ccc(OC(F)F)nc2)CC1. The van der Waals surface area contributed by atoms with Crippen molar-refractivity contribution in [2.24, 2.45) is 0 Å². The van der Waals surface area contributed by atoms with Gasteiger partial charge in [-0.05, 0) is 12.5 Å². The Morgan fingerprint density at radius 1 is 1.30 bits per heavy atom. The summed E-state index contributed by atoms with van der Waals surface area (Å²) in [4.78, 5) is 8.51. The molecule has 20 heavy (non-hydrogen) atoms. The molecular weight excluding hydrogens is 284 g/mol. The zero-order chi connectivity index (χ0) is 14.5. The Morgan fingerprint density at radius 3 is 2.50 bits per heavy atom. The van der Waals surface area contributed by atoms with Gasteiger partial charge in [-0.1, -0.05) is 6.07 Å². The molecule has 0 saturated carbocycles. The van der Waals surface area contributed by atoms with E-state index in [1.807, 2.05) is 0 Å². The summed E-state index contributed by atoms with van der Waals surface area (Å²) in [5, 5.41) is 0.282. The summed E-state index contributed by atoms with van der Waals surface area (Å²) < 4.78 is 28.3. The predicted molar refractivity (Wildman–Crippen MR) is 76.2 cm³/mol. The molecule has 4 nitrogen and oxygen atoms in total. The highest BCUT2D eigenvalue weighted by atomic mass is 32.1. The lowest BCUT2D eigenvalue weighted by atomic mass is 10.2. The van der Waals surface area contributed by atoms with E-state index in [4.69, 9.17) is 0 Å². The van der Waals surface area contributed by atoms with Crippen LogP contribution in [0.1, 0.15) is 12.5 Å². The maximum atomic E-state index is 12.0. The maximum absolute atomic E-state index is 12.0. The highest BCUT2D eigenvalue weighted by molar-refractivity contribution is 7.80. The average Bonchev–Trinajstić information content (AvgIpc) is 2.41. The average molecular weight is 303 g/mol. The standard InChI is InChI=1S/C13H19F2N3OS/c1-10(20)18-6-4-17(5-7-18)9-11-2-3-12(16-8-11)19-13(14)15/h2-3,8,10,13,20H,4-7,9H2,1H3. The molecule has 0 amide bonds. The third-order valence-corrected chi connectivity index (χ3v) is 3.68. The van der Waals surface area contributed by atoms with Crippen LogP contribution >= 0.6 is 12.6 Å². The fourth-order valence-corrected chi connectivity index (χ4v) is 2.45. The molecule has 0 radical (unpaired) electrons. The number of thiol groups is 1. The summed E-state index contributed by atoms with van der Waals surface area (Å²) in [5.74, 6) is -0.0440. The second-order valence-electron chi connectivity index (χ2n) is 4.83. The monoisotopic (exact) mass is 303 g/mol. The first kappa shape index (κ1) is 15.5. The summed E-state index contributed by atoms with van der Waals surface area (Å²) in [7, 11) is 0. The van der Waals surface area contributed by atoms with E-state index in [-0.39, 0.29) is 11.3 Å². The molecule has 1 aliphatic rings. The molecule has 1 aliphatic heterocycles. The van der Waals surface area contributed by atoms with Crippen LogP contribution in [0.5, 0.6) is 5.88 Å². The lowest BCUT2D eigenvalue weighted by Crippen LogP contribution is -2.47. The van der Waals surface area contributed by atoms with Gasteiger partial charge in [0.2, 0.25) is 5.88 Å². The number of hydrogen-bond acceptors (Lipinski definition) is 5. The highest BCUT2D eigenvalue weighted by Gasteiger charge is 2.19. The van der Waals surface area contributed by atoms with Crippen LogP contribution in [-0.4, -0.2) is 52.9 Å². The predicted octanol–water partition coefficient (Wildman–Crippen LogP) is 2.08. The minimum absolute atomic E-state index is 0.0440. The van der Waals surface area contributed by atoms with Crippen LogP contribution in [0.2, 0.25) is 0 Å². The van der Waals surface area contributed by atoms with E-state index in [1.165, 1.54) is 6.07 Å². The molecule has 1 aromatic heterocycles. The molecule has 1 aromatic rings. The van der Waals surface area contributed by atoms with Gasteiger partial charge in [0.25, 0.3) is 0 Å². The topological polar surface area (TPSA) is 28.6 Å². The third kappa shape index (κ3) is 4.57. The first-order valence-electron chi connectivity index (χ1n) is 6.59. The lowest BCUT2D eigenvalue weighted by Gasteiger charge is -2.36. The molecule has 2 heterocycles. The van der Waals surface area contributed by atoms with Crippen LogP contribution in [0.25, 0.3) is 0 Å². The van der Waals surface area contributed by atoms with Crippen molar-refractivity contribution in [2.45, 2.75) is 25.5 Å². The number of ether oxygens (including phenoxy) is 1. The maximum Gasteiger partial charge on any atom is 0.388 e. The Bertz CT molecular complexity index is 409. The number of aromatic nitrogens is 1. The van der Waals surface area contributed by atoms with Crippen LogP contribution in [-0.2, 0) is 6.54 Å². The largest absolute Gasteiger partial charge is 0.417 e. The number of halogens is 2. The van der Waals surface area contributed by atoms with Gasteiger partial charge < -0.3 is 4.74 Å². The van der Waals surface area contributed by atoms with Crippen LogP contribution in [0.15, 0.2) is 18.3 Å². The minimum Gasteiger partial charge on any atom is -0.417 e. The van der Waals surface area contributed by atoms with E-state index in [0.29, 0.717) is 0 Å². The second kappa shape index (κ2) is 7.19. The zero-order valence-electron chi connectivity index (χ0n) is 11.4. The van der Waals surface area contributed by atoms with E-state index in [9.17, 15) is 8.78 Å². The molecule has 112 valence electrons. The number of pyridine rings is 1. The summed E-state index contributed by atoms with van der Waals surface area (Å²) in [5.41, 5.74) is 0.999. The Balaban J connectivity index is 1.82. The van der Waals surface area contributed by atoms with E-state index < -0.39 is 6.61 Å². The van der Waals surface area contributed by atoms with Gasteiger partial charge in [0.1, 0.15) is 0 Å². The Morgan fingerprint density at radius 2 is 2.00 bits per heavy atom. The Kier molecular flexibility index (Phi) is 5.56. The van der Waals surface area contributed by atoms with E-state index in [2.05, 4.69) is 39.1 Å². The van der Waals surface area contributed by atoms with Crippen molar-refractivity contribution in [1.29, 1.82) is 0 Å². The van der Waals surface area contributed by atoms with E-state index >= 15 is 0 Å². The summed E-state index contributed by atoms with van der Waals surface area (Å²) >= 11 is 4.43. The summed E-state index contributed by atoms with van der Waals surface area (Å²) in [6, 6.07) is 3.26. The first-order chi connectivity index (χ1) is 9.54. The summed E-state index contributed by atoms with van der Waals surface area (Å²) in [6.45, 7) is 3.95. The van der Waals surface area contributed by atoms with Gasteiger partial charge in [0, 0.05) is 50.4 Å². The Hall–Kier alpha value is -0.920. The van der Waals surface area contributed by atoms with Gasteiger partial charge in [-0.2, -0.15) is 21.4 Å². The summed E-state index contributed by atoms with van der Waals surface area (Å²) in [6.07, 6.45) is 1.59. The van der Waals surface area contributed by atoms with Crippen molar-refractivity contribution < 1.29 is 13.5 Å². The molecule has 0 spiro atoms. The van der Waals surface area contributed by atoms with Crippen LogP contribution in [0, 0.1) is 0 Å². The van der Waals surface area contributed by atoms with Crippen molar-refractivity contribution in [3.05, 3.63) is 23.9 Å². The number of alkyl halides is 2. The molecule has 0 aromatic carbocycles. The van der Waals surface area contributed by atoms with Gasteiger partial charge in [-0.3, -0.25) is 9.80 Å². The van der Waals surface area contributed by atoms with E-state index in [1.54, 1.807) is 12.3 Å². The van der Waals surface area contributed by atoms with Crippen LogP contribution in [0.3, 0.4) is 0 Å². The number of rotatable bonds is 5. The highest BCUT2D eigenvalue weighted by Crippen LogP contribution is 2.14.